The molecule has 0 saturated carbocycles. The van der Waals surface area contributed by atoms with Gasteiger partial charge in [0.25, 0.3) is 0 Å². The molecule has 0 spiro atoms. The van der Waals surface area contributed by atoms with Crippen LogP contribution >= 0.6 is 27.5 Å². The number of benzene rings is 2. The molecule has 2 N–H and O–H groups in total. The summed E-state index contributed by atoms with van der Waals surface area (Å²) in [6.45, 7) is 0.471. The number of hydrogen-bond acceptors (Lipinski definition) is 1. The molecule has 0 aromatic heterocycles. The molecule has 2 amide bonds. The van der Waals surface area contributed by atoms with Crippen LogP contribution in [0.1, 0.15) is 5.56 Å². The van der Waals surface area contributed by atoms with E-state index in [1.807, 2.05) is 24.3 Å². The van der Waals surface area contributed by atoms with Crippen LogP contribution in [0.15, 0.2) is 53.0 Å². The van der Waals surface area contributed by atoms with Crippen molar-refractivity contribution in [2.45, 2.75) is 6.54 Å². The van der Waals surface area contributed by atoms with E-state index >= 15 is 0 Å². The average Bonchev–Trinajstić information content (AvgIpc) is 2.39. The molecule has 0 unspecified atom stereocenters. The molecule has 0 aliphatic rings. The lowest BCUT2D eigenvalue weighted by atomic mass is 10.2. The van der Waals surface area contributed by atoms with Gasteiger partial charge in [-0.1, -0.05) is 39.7 Å². The third-order valence-electron chi connectivity index (χ3n) is 2.44. The number of carbonyl (C=O) groups excluding carboxylic acids is 1. The maximum atomic E-state index is 11.7. The van der Waals surface area contributed by atoms with Gasteiger partial charge in [-0.2, -0.15) is 0 Å². The molecule has 5 heteroatoms. The summed E-state index contributed by atoms with van der Waals surface area (Å²) in [7, 11) is 0. The first-order valence-corrected chi connectivity index (χ1v) is 6.85. The highest BCUT2D eigenvalue weighted by Crippen LogP contribution is 2.13. The third-order valence-corrected chi connectivity index (χ3v) is 3.19. The van der Waals surface area contributed by atoms with Crippen molar-refractivity contribution in [1.29, 1.82) is 0 Å². The zero-order valence-corrected chi connectivity index (χ0v) is 12.3. The van der Waals surface area contributed by atoms with Crippen molar-refractivity contribution in [2.24, 2.45) is 0 Å². The third kappa shape index (κ3) is 4.58. The summed E-state index contributed by atoms with van der Waals surface area (Å²) in [5.41, 5.74) is 1.73. The van der Waals surface area contributed by atoms with E-state index in [9.17, 15) is 4.79 Å². The highest BCUT2D eigenvalue weighted by atomic mass is 79.9. The van der Waals surface area contributed by atoms with Gasteiger partial charge in [0.2, 0.25) is 0 Å². The van der Waals surface area contributed by atoms with Crippen LogP contribution in [0.25, 0.3) is 0 Å². The molecule has 0 saturated heterocycles. The van der Waals surface area contributed by atoms with E-state index in [1.54, 1.807) is 24.3 Å². The zero-order valence-electron chi connectivity index (χ0n) is 9.99. The van der Waals surface area contributed by atoms with E-state index in [0.29, 0.717) is 17.3 Å². The zero-order chi connectivity index (χ0) is 13.7. The molecule has 2 aromatic rings. The van der Waals surface area contributed by atoms with Crippen molar-refractivity contribution in [1.82, 2.24) is 5.32 Å². The van der Waals surface area contributed by atoms with Crippen molar-refractivity contribution < 1.29 is 4.79 Å². The van der Waals surface area contributed by atoms with Crippen LogP contribution in [0, 0.1) is 0 Å². The average molecular weight is 340 g/mol. The number of nitrogens with one attached hydrogen (secondary N) is 2. The largest absolute Gasteiger partial charge is 0.334 e. The fraction of sp³-hybridized carbons (Fsp3) is 0.0714. The van der Waals surface area contributed by atoms with Crippen molar-refractivity contribution in [3.63, 3.8) is 0 Å². The quantitative estimate of drug-likeness (QED) is 0.853. The topological polar surface area (TPSA) is 41.1 Å². The van der Waals surface area contributed by atoms with Crippen LogP contribution < -0.4 is 10.6 Å². The Morgan fingerprint density at radius 2 is 1.89 bits per heavy atom. The lowest BCUT2D eigenvalue weighted by molar-refractivity contribution is 0.251. The van der Waals surface area contributed by atoms with Crippen molar-refractivity contribution in [3.05, 3.63) is 63.6 Å². The minimum absolute atomic E-state index is 0.248. The number of carbonyl (C=O) groups is 1. The summed E-state index contributed by atoms with van der Waals surface area (Å²) < 4.78 is 0.991. The molecule has 98 valence electrons. The summed E-state index contributed by atoms with van der Waals surface area (Å²) in [5, 5.41) is 6.16. The van der Waals surface area contributed by atoms with Gasteiger partial charge in [-0.05, 0) is 42.0 Å². The Morgan fingerprint density at radius 1 is 1.16 bits per heavy atom. The molecule has 0 atom stereocenters. The van der Waals surface area contributed by atoms with Gasteiger partial charge < -0.3 is 10.6 Å². The van der Waals surface area contributed by atoms with E-state index in [4.69, 9.17) is 11.6 Å². The predicted molar refractivity (Wildman–Crippen MR) is 81.5 cm³/mol. The Balaban J connectivity index is 1.86. The normalized spacial score (nSPS) is 10.0. The van der Waals surface area contributed by atoms with E-state index in [2.05, 4.69) is 26.6 Å². The second-order valence-corrected chi connectivity index (χ2v) is 5.30. The van der Waals surface area contributed by atoms with Crippen LogP contribution in [-0.2, 0) is 6.54 Å². The number of anilines is 1. The van der Waals surface area contributed by atoms with Crippen molar-refractivity contribution in [2.75, 3.05) is 5.32 Å². The molecular formula is C14H12BrClN2O. The molecule has 0 aliphatic heterocycles. The second-order valence-electron chi connectivity index (χ2n) is 3.94. The predicted octanol–water partition coefficient (Wildman–Crippen LogP) is 4.42. The van der Waals surface area contributed by atoms with Crippen LogP contribution in [-0.4, -0.2) is 6.03 Å². The molecule has 3 nitrogen and oxygen atoms in total. The number of rotatable bonds is 3. The molecular weight excluding hydrogens is 328 g/mol. The maximum Gasteiger partial charge on any atom is 0.319 e. The molecule has 0 bridgehead atoms. The number of halogens is 2. The fourth-order valence-corrected chi connectivity index (χ4v) is 2.11. The van der Waals surface area contributed by atoms with E-state index < -0.39 is 0 Å². The monoisotopic (exact) mass is 338 g/mol. The van der Waals surface area contributed by atoms with Gasteiger partial charge in [-0.25, -0.2) is 4.79 Å². The SMILES string of the molecule is O=C(NCc1cccc(Br)c1)Nc1ccc(Cl)cc1. The van der Waals surface area contributed by atoms with Gasteiger partial charge in [-0.3, -0.25) is 0 Å². The first kappa shape index (κ1) is 13.9. The lowest BCUT2D eigenvalue weighted by Gasteiger charge is -2.08. The number of urea groups is 1. The van der Waals surface area contributed by atoms with E-state index in [0.717, 1.165) is 10.0 Å². The van der Waals surface area contributed by atoms with Crippen LogP contribution in [0.4, 0.5) is 10.5 Å². The Hall–Kier alpha value is -1.52. The van der Waals surface area contributed by atoms with Gasteiger partial charge in [0.15, 0.2) is 0 Å². The Labute approximate surface area is 125 Å². The van der Waals surface area contributed by atoms with Gasteiger partial charge in [0, 0.05) is 21.7 Å². The molecule has 2 rings (SSSR count). The summed E-state index contributed by atoms with van der Waals surface area (Å²) in [5.74, 6) is 0. The number of amides is 2. The second kappa shape index (κ2) is 6.59. The van der Waals surface area contributed by atoms with Crippen LogP contribution in [0.5, 0.6) is 0 Å². The minimum atomic E-state index is -0.248. The van der Waals surface area contributed by atoms with Crippen molar-refractivity contribution in [3.8, 4) is 0 Å². The summed E-state index contributed by atoms with van der Waals surface area (Å²) in [4.78, 5) is 11.7. The molecule has 0 aliphatic carbocycles. The molecule has 0 radical (unpaired) electrons. The summed E-state index contributed by atoms with van der Waals surface area (Å²) >= 11 is 9.16. The highest BCUT2D eigenvalue weighted by Gasteiger charge is 2.01. The molecule has 19 heavy (non-hydrogen) atoms. The van der Waals surface area contributed by atoms with Crippen molar-refractivity contribution >= 4 is 39.2 Å². The van der Waals surface area contributed by atoms with Gasteiger partial charge >= 0.3 is 6.03 Å². The maximum absolute atomic E-state index is 11.7. The Bertz CT molecular complexity index is 572. The van der Waals surface area contributed by atoms with E-state index in [-0.39, 0.29) is 6.03 Å². The fourth-order valence-electron chi connectivity index (χ4n) is 1.54. The lowest BCUT2D eigenvalue weighted by Crippen LogP contribution is -2.28. The number of hydrogen-bond donors (Lipinski definition) is 2. The summed E-state index contributed by atoms with van der Waals surface area (Å²) in [6, 6.07) is 14.5. The van der Waals surface area contributed by atoms with Crippen LogP contribution in [0.2, 0.25) is 5.02 Å². The molecule has 0 fully saturated rings. The molecule has 0 heterocycles. The standard InChI is InChI=1S/C14H12BrClN2O/c15-11-3-1-2-10(8-11)9-17-14(19)18-13-6-4-12(16)5-7-13/h1-8H,9H2,(H2,17,18,19). The molecule has 2 aromatic carbocycles. The first-order chi connectivity index (χ1) is 9.13. The van der Waals surface area contributed by atoms with Gasteiger partial charge in [0.1, 0.15) is 0 Å². The summed E-state index contributed by atoms with van der Waals surface area (Å²) in [6.07, 6.45) is 0. The van der Waals surface area contributed by atoms with Gasteiger partial charge in [-0.15, -0.1) is 0 Å². The smallest absolute Gasteiger partial charge is 0.319 e. The Morgan fingerprint density at radius 3 is 2.58 bits per heavy atom. The first-order valence-electron chi connectivity index (χ1n) is 5.68. The highest BCUT2D eigenvalue weighted by molar-refractivity contribution is 9.10. The minimum Gasteiger partial charge on any atom is -0.334 e. The van der Waals surface area contributed by atoms with Crippen LogP contribution in [0.3, 0.4) is 0 Å². The Kier molecular flexibility index (Phi) is 4.82. The van der Waals surface area contributed by atoms with Gasteiger partial charge in [0.05, 0.1) is 0 Å². The van der Waals surface area contributed by atoms with E-state index in [1.165, 1.54) is 0 Å².